The summed E-state index contributed by atoms with van der Waals surface area (Å²) in [6.07, 6.45) is 0. The van der Waals surface area contributed by atoms with Crippen LogP contribution in [-0.4, -0.2) is 11.7 Å². The molecule has 1 rings (SSSR count). The zero-order valence-electron chi connectivity index (χ0n) is 7.28. The largest absolute Gasteiger partial charge is 0.762 e. The normalized spacial score (nSPS) is 8.50. The predicted molar refractivity (Wildman–Crippen MR) is 54.8 cm³/mol. The quantitative estimate of drug-likeness (QED) is 0.408. The fraction of sp³-hybridized carbons (Fsp3) is 0. The summed E-state index contributed by atoms with van der Waals surface area (Å²) in [6, 6.07) is 8.19. The van der Waals surface area contributed by atoms with Crippen molar-refractivity contribution in [2.75, 3.05) is 0 Å². The molecule has 0 saturated carbocycles. The highest BCUT2D eigenvalue weighted by Gasteiger charge is 1.99. The van der Waals surface area contributed by atoms with E-state index in [9.17, 15) is 0 Å². The van der Waals surface area contributed by atoms with E-state index in [0.29, 0.717) is 11.1 Å². The van der Waals surface area contributed by atoms with Gasteiger partial charge in [-0.25, -0.2) is 5.87 Å². The Hall–Kier alpha value is -2.37. The molecule has 0 aliphatic rings. The first-order chi connectivity index (χ1) is 6.69. The third kappa shape index (κ3) is 1.86. The van der Waals surface area contributed by atoms with Gasteiger partial charge in [-0.1, -0.05) is 24.3 Å². The number of nitrogens with zero attached hydrogens (tertiary/aromatic N) is 2. The standard InChI is InChI=1S/C10H7N4/c11-5-9(6-12)7-1-3-8(4-2-7)10(13)14/h1-4H,(H3,13,14)/q-1. The van der Waals surface area contributed by atoms with Crippen LogP contribution in [0.3, 0.4) is 0 Å². The number of nitrogens with two attached hydrogens (primary N) is 1. The second-order valence-corrected chi connectivity index (χ2v) is 2.59. The van der Waals surface area contributed by atoms with Crippen molar-refractivity contribution < 1.29 is 0 Å². The van der Waals surface area contributed by atoms with Crippen LogP contribution in [0.2, 0.25) is 0 Å². The van der Waals surface area contributed by atoms with Crippen molar-refractivity contribution in [1.29, 1.82) is 10.7 Å². The Morgan fingerprint density at radius 2 is 1.79 bits per heavy atom. The minimum atomic E-state index is -0.0352. The third-order valence-electron chi connectivity index (χ3n) is 1.71. The summed E-state index contributed by atoms with van der Waals surface area (Å²) in [5.74, 6) is 1.75. The van der Waals surface area contributed by atoms with Gasteiger partial charge in [0.2, 0.25) is 0 Å². The Balaban J connectivity index is 3.13. The van der Waals surface area contributed by atoms with Gasteiger partial charge in [-0.2, -0.15) is 5.26 Å². The minimum absolute atomic E-state index is 0.0352. The fourth-order valence-corrected chi connectivity index (χ4v) is 0.971. The third-order valence-corrected chi connectivity index (χ3v) is 1.71. The number of hydrogen-bond acceptors (Lipinski definition) is 2. The average molecular weight is 183 g/mol. The molecular weight excluding hydrogens is 176 g/mol. The first-order valence-corrected chi connectivity index (χ1v) is 3.81. The van der Waals surface area contributed by atoms with E-state index in [2.05, 4.69) is 0 Å². The van der Waals surface area contributed by atoms with E-state index in [1.165, 1.54) is 0 Å². The molecular formula is C10H7N4-. The lowest BCUT2D eigenvalue weighted by Gasteiger charge is -2.00. The Labute approximate surface area is 81.3 Å². The molecule has 0 aliphatic heterocycles. The molecule has 0 spiro atoms. The van der Waals surface area contributed by atoms with Gasteiger partial charge in [-0.05, 0) is 5.56 Å². The van der Waals surface area contributed by atoms with E-state index in [1.54, 1.807) is 36.2 Å². The lowest BCUT2D eigenvalue weighted by Crippen LogP contribution is -2.10. The number of rotatable bonds is 2. The summed E-state index contributed by atoms with van der Waals surface area (Å²) in [4.78, 5) is 0. The molecule has 0 atom stereocenters. The predicted octanol–water partition coefficient (Wildman–Crippen LogP) is 1.12. The van der Waals surface area contributed by atoms with E-state index in [4.69, 9.17) is 21.8 Å². The lowest BCUT2D eigenvalue weighted by atomic mass is 10.1. The smallest absolute Gasteiger partial charge is 0.122 e. The monoisotopic (exact) mass is 183 g/mol. The molecule has 0 fully saturated rings. The first-order valence-electron chi connectivity index (χ1n) is 3.81. The van der Waals surface area contributed by atoms with Crippen molar-refractivity contribution in [3.05, 3.63) is 40.8 Å². The minimum Gasteiger partial charge on any atom is -0.762 e. The van der Waals surface area contributed by atoms with Crippen molar-refractivity contribution in [3.63, 3.8) is 0 Å². The Morgan fingerprint density at radius 1 is 1.29 bits per heavy atom. The maximum absolute atomic E-state index is 8.58. The van der Waals surface area contributed by atoms with Gasteiger partial charge >= 0.3 is 0 Å². The summed E-state index contributed by atoms with van der Waals surface area (Å²) in [5, 5.41) is 24.3. The van der Waals surface area contributed by atoms with E-state index < -0.39 is 0 Å². The first kappa shape index (κ1) is 9.72. The number of benzene rings is 1. The number of hydrogen-bond donors (Lipinski definition) is 2. The summed E-state index contributed by atoms with van der Waals surface area (Å²) >= 11 is 0. The van der Waals surface area contributed by atoms with E-state index in [-0.39, 0.29) is 11.4 Å². The van der Waals surface area contributed by atoms with E-state index in [1.807, 2.05) is 0 Å². The molecule has 1 aromatic rings. The average Bonchev–Trinajstić information content (AvgIpc) is 2.20. The van der Waals surface area contributed by atoms with E-state index in [0.717, 1.165) is 0 Å². The van der Waals surface area contributed by atoms with Crippen LogP contribution in [0.5, 0.6) is 0 Å². The van der Waals surface area contributed by atoms with Crippen LogP contribution in [0.4, 0.5) is 0 Å². The van der Waals surface area contributed by atoms with Crippen LogP contribution in [0.1, 0.15) is 11.1 Å². The van der Waals surface area contributed by atoms with Crippen molar-refractivity contribution in [3.8, 4) is 6.07 Å². The number of nitrogen functional groups attached to an aromatic ring is 1. The summed E-state index contributed by atoms with van der Waals surface area (Å²) in [6.45, 7) is 0. The SMILES string of the molecule is N#CC(=C=[N-])c1ccc(C(=N)N)cc1. The van der Waals surface area contributed by atoms with Crippen molar-refractivity contribution in [2.45, 2.75) is 0 Å². The van der Waals surface area contributed by atoms with Crippen LogP contribution >= 0.6 is 0 Å². The molecule has 0 amide bonds. The molecule has 4 nitrogen and oxygen atoms in total. The number of allylic oxidation sites excluding steroid dienone is 1. The topological polar surface area (TPSA) is 96.0 Å². The van der Waals surface area contributed by atoms with Crippen LogP contribution < -0.4 is 5.73 Å². The molecule has 0 radical (unpaired) electrons. The van der Waals surface area contributed by atoms with Crippen LogP contribution in [0, 0.1) is 16.7 Å². The van der Waals surface area contributed by atoms with Gasteiger partial charge < -0.3 is 11.1 Å². The second-order valence-electron chi connectivity index (χ2n) is 2.59. The zero-order chi connectivity index (χ0) is 10.6. The Morgan fingerprint density at radius 3 is 2.14 bits per heavy atom. The number of nitriles is 1. The Bertz CT molecular complexity index is 444. The molecule has 0 saturated heterocycles. The molecule has 14 heavy (non-hydrogen) atoms. The van der Waals surface area contributed by atoms with Gasteiger partial charge in [0, 0.05) is 5.56 Å². The van der Waals surface area contributed by atoms with E-state index >= 15 is 0 Å². The van der Waals surface area contributed by atoms with Crippen LogP contribution in [0.25, 0.3) is 11.0 Å². The molecule has 4 heteroatoms. The highest BCUT2D eigenvalue weighted by molar-refractivity contribution is 5.99. The van der Waals surface area contributed by atoms with Crippen molar-refractivity contribution in [1.82, 2.24) is 0 Å². The maximum atomic E-state index is 8.58. The van der Waals surface area contributed by atoms with Gasteiger partial charge in [-0.3, -0.25) is 5.41 Å². The molecule has 68 valence electrons. The molecule has 0 bridgehead atoms. The summed E-state index contributed by atoms with van der Waals surface area (Å²) in [7, 11) is 0. The van der Waals surface area contributed by atoms with Gasteiger partial charge in [0.1, 0.15) is 11.9 Å². The molecule has 0 unspecified atom stereocenters. The molecule has 0 aliphatic carbocycles. The zero-order valence-corrected chi connectivity index (χ0v) is 7.28. The molecule has 1 aromatic carbocycles. The maximum Gasteiger partial charge on any atom is 0.122 e. The van der Waals surface area contributed by atoms with Crippen LogP contribution in [-0.2, 0) is 0 Å². The van der Waals surface area contributed by atoms with Gasteiger partial charge in [-0.15, -0.1) is 0 Å². The summed E-state index contributed by atoms with van der Waals surface area (Å²) in [5.41, 5.74) is 6.42. The molecule has 3 N–H and O–H groups in total. The Kier molecular flexibility index (Phi) is 2.80. The lowest BCUT2D eigenvalue weighted by molar-refractivity contribution is 1.42. The molecule has 0 aromatic heterocycles. The van der Waals surface area contributed by atoms with Gasteiger partial charge in [0.25, 0.3) is 0 Å². The summed E-state index contributed by atoms with van der Waals surface area (Å²) < 4.78 is 0. The van der Waals surface area contributed by atoms with Crippen molar-refractivity contribution >= 4 is 17.3 Å². The highest BCUT2D eigenvalue weighted by Crippen LogP contribution is 2.11. The van der Waals surface area contributed by atoms with Gasteiger partial charge in [0.15, 0.2) is 0 Å². The van der Waals surface area contributed by atoms with Crippen LogP contribution in [0.15, 0.2) is 24.3 Å². The molecule has 0 heterocycles. The number of nitrogens with one attached hydrogen (secondary N) is 1. The fourth-order valence-electron chi connectivity index (χ4n) is 0.971. The van der Waals surface area contributed by atoms with Gasteiger partial charge in [0.05, 0.1) is 5.57 Å². The second kappa shape index (κ2) is 4.04. The van der Waals surface area contributed by atoms with Crippen molar-refractivity contribution in [2.24, 2.45) is 5.73 Å². The highest BCUT2D eigenvalue weighted by atomic mass is 14.7. The number of amidine groups is 1.